The number of halogens is 3. The number of carboxylic acids is 1. The molecule has 128 valence electrons. The van der Waals surface area contributed by atoms with Crippen molar-refractivity contribution in [3.8, 4) is 5.75 Å². The molecule has 7 nitrogen and oxygen atoms in total. The molecule has 0 spiro atoms. The van der Waals surface area contributed by atoms with Crippen LogP contribution in [0.1, 0.15) is 23.5 Å². The highest BCUT2D eigenvalue weighted by atomic mass is 35.5. The smallest absolute Gasteiger partial charge is 0.387 e. The van der Waals surface area contributed by atoms with Gasteiger partial charge in [-0.2, -0.15) is 13.9 Å². The highest BCUT2D eigenvalue weighted by Gasteiger charge is 2.18. The standard InChI is InChI=1S/C14H12ClF2N3O4/c1-7(20-5-4-10(19-20)13(22)23)12(21)18-8-2-3-11(9(15)6-8)24-14(16)17/h2-7,14H,1H3,(H,18,21)(H,22,23). The first kappa shape index (κ1) is 17.7. The third-order valence-electron chi connectivity index (χ3n) is 3.02. The number of carbonyl (C=O) groups excluding carboxylic acids is 1. The van der Waals surface area contributed by atoms with Crippen molar-refractivity contribution in [2.24, 2.45) is 0 Å². The number of amides is 1. The van der Waals surface area contributed by atoms with Gasteiger partial charge in [-0.1, -0.05) is 11.6 Å². The van der Waals surface area contributed by atoms with Crippen LogP contribution in [0.4, 0.5) is 14.5 Å². The van der Waals surface area contributed by atoms with E-state index >= 15 is 0 Å². The Bertz CT molecular complexity index is 766. The van der Waals surface area contributed by atoms with Crippen LogP contribution in [0.5, 0.6) is 5.75 Å². The van der Waals surface area contributed by atoms with Crippen molar-refractivity contribution in [3.63, 3.8) is 0 Å². The summed E-state index contributed by atoms with van der Waals surface area (Å²) in [7, 11) is 0. The molecule has 24 heavy (non-hydrogen) atoms. The van der Waals surface area contributed by atoms with Crippen molar-refractivity contribution in [1.82, 2.24) is 9.78 Å². The number of ether oxygens (including phenoxy) is 1. The molecular formula is C14H12ClF2N3O4. The molecule has 2 N–H and O–H groups in total. The van der Waals surface area contributed by atoms with Crippen molar-refractivity contribution in [1.29, 1.82) is 0 Å². The summed E-state index contributed by atoms with van der Waals surface area (Å²) in [5, 5.41) is 15.0. The number of nitrogens with zero attached hydrogens (tertiary/aromatic N) is 2. The zero-order valence-corrected chi connectivity index (χ0v) is 13.0. The quantitative estimate of drug-likeness (QED) is 0.826. The molecule has 0 bridgehead atoms. The Labute approximate surface area is 139 Å². The van der Waals surface area contributed by atoms with Gasteiger partial charge in [0.1, 0.15) is 11.8 Å². The Hall–Kier alpha value is -2.68. The van der Waals surface area contributed by atoms with Gasteiger partial charge in [0, 0.05) is 11.9 Å². The van der Waals surface area contributed by atoms with Crippen LogP contribution in [0.2, 0.25) is 5.02 Å². The second-order valence-electron chi connectivity index (χ2n) is 4.68. The lowest BCUT2D eigenvalue weighted by atomic mass is 10.2. The third kappa shape index (κ3) is 4.19. The minimum absolute atomic E-state index is 0.0898. The largest absolute Gasteiger partial charge is 0.476 e. The van der Waals surface area contributed by atoms with E-state index in [-0.39, 0.29) is 22.2 Å². The molecule has 0 radical (unpaired) electrons. The average Bonchev–Trinajstić information content (AvgIpc) is 2.99. The zero-order valence-electron chi connectivity index (χ0n) is 12.2. The number of aromatic carboxylic acids is 1. The van der Waals surface area contributed by atoms with Gasteiger partial charge in [-0.25, -0.2) is 4.79 Å². The minimum Gasteiger partial charge on any atom is -0.476 e. The fourth-order valence-electron chi connectivity index (χ4n) is 1.80. The third-order valence-corrected chi connectivity index (χ3v) is 3.31. The predicted molar refractivity (Wildman–Crippen MR) is 80.6 cm³/mol. The molecule has 0 saturated heterocycles. The second-order valence-corrected chi connectivity index (χ2v) is 5.08. The second kappa shape index (κ2) is 7.26. The summed E-state index contributed by atoms with van der Waals surface area (Å²) < 4.78 is 29.7. The minimum atomic E-state index is -3.01. The zero-order chi connectivity index (χ0) is 17.9. The molecular weight excluding hydrogens is 348 g/mol. The van der Waals surface area contributed by atoms with Crippen LogP contribution in [0.15, 0.2) is 30.5 Å². The Kier molecular flexibility index (Phi) is 5.35. The van der Waals surface area contributed by atoms with E-state index in [2.05, 4.69) is 15.2 Å². The van der Waals surface area contributed by atoms with Crippen LogP contribution in [0.3, 0.4) is 0 Å². The van der Waals surface area contributed by atoms with Crippen molar-refractivity contribution in [2.75, 3.05) is 5.32 Å². The lowest BCUT2D eigenvalue weighted by Gasteiger charge is -2.14. The van der Waals surface area contributed by atoms with Gasteiger partial charge in [-0.15, -0.1) is 0 Å². The lowest BCUT2D eigenvalue weighted by Crippen LogP contribution is -2.24. The van der Waals surface area contributed by atoms with Gasteiger partial charge in [-0.05, 0) is 31.2 Å². The normalized spacial score (nSPS) is 12.0. The average molecular weight is 360 g/mol. The van der Waals surface area contributed by atoms with Gasteiger partial charge in [0.25, 0.3) is 0 Å². The van der Waals surface area contributed by atoms with E-state index < -0.39 is 24.5 Å². The topological polar surface area (TPSA) is 93.5 Å². The van der Waals surface area contributed by atoms with E-state index in [0.717, 1.165) is 0 Å². The molecule has 0 aliphatic carbocycles. The number of carboxylic acid groups (broad SMARTS) is 1. The summed E-state index contributed by atoms with van der Waals surface area (Å²) in [5.74, 6) is -1.91. The number of alkyl halides is 2. The first-order chi connectivity index (χ1) is 11.3. The molecule has 1 aromatic carbocycles. The summed E-state index contributed by atoms with van der Waals surface area (Å²) in [6.45, 7) is -1.49. The maximum absolute atomic E-state index is 12.2. The highest BCUT2D eigenvalue weighted by molar-refractivity contribution is 6.32. The van der Waals surface area contributed by atoms with Gasteiger partial charge in [-0.3, -0.25) is 9.48 Å². The number of benzene rings is 1. The van der Waals surface area contributed by atoms with E-state index in [4.69, 9.17) is 16.7 Å². The number of nitrogens with one attached hydrogen (secondary N) is 1. The predicted octanol–water partition coefficient (Wildman–Crippen LogP) is 3.04. The van der Waals surface area contributed by atoms with E-state index in [1.54, 1.807) is 0 Å². The lowest BCUT2D eigenvalue weighted by molar-refractivity contribution is -0.119. The van der Waals surface area contributed by atoms with E-state index in [9.17, 15) is 18.4 Å². The van der Waals surface area contributed by atoms with Gasteiger partial charge >= 0.3 is 12.6 Å². The number of rotatable bonds is 6. The van der Waals surface area contributed by atoms with E-state index in [1.165, 1.54) is 42.1 Å². The number of hydrogen-bond donors (Lipinski definition) is 2. The van der Waals surface area contributed by atoms with Crippen LogP contribution in [-0.2, 0) is 4.79 Å². The monoisotopic (exact) mass is 359 g/mol. The molecule has 0 aliphatic heterocycles. The van der Waals surface area contributed by atoms with Gasteiger partial charge in [0.2, 0.25) is 5.91 Å². The molecule has 10 heteroatoms. The van der Waals surface area contributed by atoms with E-state index in [0.29, 0.717) is 0 Å². The molecule has 1 unspecified atom stereocenters. The molecule has 0 fully saturated rings. The molecule has 2 aromatic rings. The SMILES string of the molecule is CC(C(=O)Nc1ccc(OC(F)F)c(Cl)c1)n1ccc(C(=O)O)n1. The molecule has 1 amide bonds. The first-order valence-electron chi connectivity index (χ1n) is 6.61. The Morgan fingerprint density at radius 2 is 2.08 bits per heavy atom. The van der Waals surface area contributed by atoms with Crippen LogP contribution in [0.25, 0.3) is 0 Å². The molecule has 1 atom stereocenters. The van der Waals surface area contributed by atoms with Gasteiger partial charge < -0.3 is 15.2 Å². The van der Waals surface area contributed by atoms with Crippen LogP contribution in [0, 0.1) is 0 Å². The Morgan fingerprint density at radius 1 is 1.38 bits per heavy atom. The molecule has 1 heterocycles. The van der Waals surface area contributed by atoms with Crippen molar-refractivity contribution in [2.45, 2.75) is 19.6 Å². The summed E-state index contributed by atoms with van der Waals surface area (Å²) >= 11 is 5.80. The molecule has 0 saturated carbocycles. The van der Waals surface area contributed by atoms with Crippen LogP contribution >= 0.6 is 11.6 Å². The van der Waals surface area contributed by atoms with Crippen molar-refractivity contribution >= 4 is 29.2 Å². The number of carbonyl (C=O) groups is 2. The van der Waals surface area contributed by atoms with E-state index in [1.807, 2.05) is 0 Å². The fourth-order valence-corrected chi connectivity index (χ4v) is 2.03. The van der Waals surface area contributed by atoms with Crippen LogP contribution in [-0.4, -0.2) is 33.4 Å². The van der Waals surface area contributed by atoms with Gasteiger partial charge in [0.15, 0.2) is 5.69 Å². The van der Waals surface area contributed by atoms with Crippen molar-refractivity contribution < 1.29 is 28.2 Å². The van der Waals surface area contributed by atoms with Crippen LogP contribution < -0.4 is 10.1 Å². The summed E-state index contributed by atoms with van der Waals surface area (Å²) in [5.41, 5.74) is 0.0790. The summed E-state index contributed by atoms with van der Waals surface area (Å²) in [6, 6.07) is 4.27. The Balaban J connectivity index is 2.08. The maximum atomic E-state index is 12.2. The highest BCUT2D eigenvalue weighted by Crippen LogP contribution is 2.29. The van der Waals surface area contributed by atoms with Crippen molar-refractivity contribution in [3.05, 3.63) is 41.2 Å². The summed E-state index contributed by atoms with van der Waals surface area (Å²) in [4.78, 5) is 22.9. The number of hydrogen-bond acceptors (Lipinski definition) is 4. The molecule has 1 aromatic heterocycles. The molecule has 0 aliphatic rings. The fraction of sp³-hybridized carbons (Fsp3) is 0.214. The first-order valence-corrected chi connectivity index (χ1v) is 6.99. The summed E-state index contributed by atoms with van der Waals surface area (Å²) in [6.07, 6.45) is 1.36. The number of aromatic nitrogens is 2. The maximum Gasteiger partial charge on any atom is 0.387 e. The molecule has 2 rings (SSSR count). The number of anilines is 1. The Morgan fingerprint density at radius 3 is 2.62 bits per heavy atom. The van der Waals surface area contributed by atoms with Gasteiger partial charge in [0.05, 0.1) is 5.02 Å².